The Kier molecular flexibility index (Phi) is 5.03. The number of aryl methyl sites for hydroxylation is 2. The number of hydrogen-bond donors (Lipinski definition) is 1. The molecule has 0 atom stereocenters. The van der Waals surface area contributed by atoms with Gasteiger partial charge in [0.05, 0.1) is 6.54 Å². The lowest BCUT2D eigenvalue weighted by molar-refractivity contribution is -0.116. The van der Waals surface area contributed by atoms with Crippen molar-refractivity contribution in [1.82, 2.24) is 4.90 Å². The molecule has 2 rings (SSSR count). The fourth-order valence-corrected chi connectivity index (χ4v) is 2.46. The topological polar surface area (TPSA) is 62.6 Å². The Morgan fingerprint density at radius 1 is 1.23 bits per heavy atom. The van der Waals surface area contributed by atoms with Crippen molar-refractivity contribution in [3.05, 3.63) is 51.9 Å². The summed E-state index contributed by atoms with van der Waals surface area (Å²) in [5.41, 5.74) is 1.67. The van der Waals surface area contributed by atoms with Gasteiger partial charge in [0.25, 0.3) is 5.91 Å². The van der Waals surface area contributed by atoms with Crippen molar-refractivity contribution in [2.45, 2.75) is 13.8 Å². The lowest BCUT2D eigenvalue weighted by atomic mass is 10.2. The number of halogens is 1. The predicted molar refractivity (Wildman–Crippen MR) is 87.9 cm³/mol. The van der Waals surface area contributed by atoms with Gasteiger partial charge in [0, 0.05) is 17.2 Å². The largest absolute Gasteiger partial charge is 0.456 e. The number of carbonyl (C=O) groups is 2. The molecule has 2 aromatic rings. The molecule has 0 saturated heterocycles. The number of nitrogens with zero attached hydrogens (tertiary/aromatic N) is 1. The van der Waals surface area contributed by atoms with Crippen LogP contribution in [-0.2, 0) is 4.79 Å². The number of anilines is 1. The highest BCUT2D eigenvalue weighted by Gasteiger charge is 2.18. The zero-order valence-electron chi connectivity index (χ0n) is 12.6. The van der Waals surface area contributed by atoms with Crippen molar-refractivity contribution in [1.29, 1.82) is 0 Å². The second kappa shape index (κ2) is 6.79. The molecular weight excluding hydrogens is 348 g/mol. The van der Waals surface area contributed by atoms with Crippen LogP contribution in [0.3, 0.4) is 0 Å². The van der Waals surface area contributed by atoms with Gasteiger partial charge in [-0.15, -0.1) is 0 Å². The number of carbonyl (C=O) groups excluding carboxylic acids is 2. The highest BCUT2D eigenvalue weighted by molar-refractivity contribution is 9.10. The summed E-state index contributed by atoms with van der Waals surface area (Å²) >= 11 is 3.37. The zero-order chi connectivity index (χ0) is 16.3. The molecule has 0 radical (unpaired) electrons. The Morgan fingerprint density at radius 2 is 1.95 bits per heavy atom. The van der Waals surface area contributed by atoms with E-state index in [2.05, 4.69) is 21.2 Å². The van der Waals surface area contributed by atoms with Crippen LogP contribution in [0.5, 0.6) is 0 Å². The summed E-state index contributed by atoms with van der Waals surface area (Å²) in [4.78, 5) is 25.5. The van der Waals surface area contributed by atoms with E-state index in [0.29, 0.717) is 5.76 Å². The van der Waals surface area contributed by atoms with Crippen molar-refractivity contribution >= 4 is 33.4 Å². The normalized spacial score (nSPS) is 10.4. The van der Waals surface area contributed by atoms with Crippen molar-refractivity contribution in [3.63, 3.8) is 0 Å². The van der Waals surface area contributed by atoms with Crippen LogP contribution in [0.4, 0.5) is 5.69 Å². The lowest BCUT2D eigenvalue weighted by Gasteiger charge is -2.16. The van der Waals surface area contributed by atoms with Crippen LogP contribution < -0.4 is 5.32 Å². The van der Waals surface area contributed by atoms with Crippen LogP contribution in [-0.4, -0.2) is 30.3 Å². The summed E-state index contributed by atoms with van der Waals surface area (Å²) in [5, 5.41) is 2.80. The maximum atomic E-state index is 12.1. The molecule has 0 spiro atoms. The van der Waals surface area contributed by atoms with Gasteiger partial charge >= 0.3 is 0 Å². The van der Waals surface area contributed by atoms with E-state index in [1.165, 1.54) is 4.90 Å². The fraction of sp³-hybridized carbons (Fsp3) is 0.250. The summed E-state index contributed by atoms with van der Waals surface area (Å²) in [6, 6.07) is 8.89. The first-order valence-corrected chi connectivity index (χ1v) is 7.54. The molecule has 0 aliphatic rings. The minimum Gasteiger partial charge on any atom is -0.456 e. The Bertz CT molecular complexity index is 709. The third-order valence-corrected chi connectivity index (χ3v) is 3.63. The summed E-state index contributed by atoms with van der Waals surface area (Å²) < 4.78 is 6.22. The van der Waals surface area contributed by atoms with Crippen LogP contribution in [0.15, 0.2) is 39.2 Å². The third kappa shape index (κ3) is 3.98. The molecule has 0 saturated carbocycles. The molecule has 1 aromatic carbocycles. The van der Waals surface area contributed by atoms with Gasteiger partial charge in [-0.3, -0.25) is 9.59 Å². The second-order valence-corrected chi connectivity index (χ2v) is 5.99. The van der Waals surface area contributed by atoms with E-state index in [9.17, 15) is 9.59 Å². The predicted octanol–water partition coefficient (Wildman–Crippen LogP) is 3.37. The lowest BCUT2D eigenvalue weighted by Crippen LogP contribution is -2.34. The number of hydrogen-bond acceptors (Lipinski definition) is 3. The molecular formula is C16H17BrN2O3. The van der Waals surface area contributed by atoms with Crippen molar-refractivity contribution in [2.24, 2.45) is 0 Å². The maximum absolute atomic E-state index is 12.1. The summed E-state index contributed by atoms with van der Waals surface area (Å²) in [7, 11) is 1.56. The number of benzene rings is 1. The van der Waals surface area contributed by atoms with Crippen LogP contribution in [0.1, 0.15) is 21.9 Å². The number of nitrogens with one attached hydrogen (secondary N) is 1. The Balaban J connectivity index is 1.98. The molecule has 1 aromatic heterocycles. The second-order valence-electron chi connectivity index (χ2n) is 5.08. The van der Waals surface area contributed by atoms with E-state index < -0.39 is 0 Å². The van der Waals surface area contributed by atoms with E-state index in [-0.39, 0.29) is 24.1 Å². The van der Waals surface area contributed by atoms with Crippen LogP contribution in [0.25, 0.3) is 0 Å². The van der Waals surface area contributed by atoms with Crippen LogP contribution in [0.2, 0.25) is 0 Å². The molecule has 0 aliphatic heterocycles. The molecule has 0 aliphatic carbocycles. The molecule has 1 heterocycles. The molecule has 0 unspecified atom stereocenters. The van der Waals surface area contributed by atoms with E-state index in [1.807, 2.05) is 25.1 Å². The minimum absolute atomic E-state index is 0.0475. The Morgan fingerprint density at radius 3 is 2.55 bits per heavy atom. The first-order chi connectivity index (χ1) is 10.4. The van der Waals surface area contributed by atoms with Gasteiger partial charge in [-0.2, -0.15) is 0 Å². The van der Waals surface area contributed by atoms with Gasteiger partial charge in [-0.1, -0.05) is 15.9 Å². The van der Waals surface area contributed by atoms with Gasteiger partial charge in [0.2, 0.25) is 5.91 Å². The molecule has 2 amide bonds. The SMILES string of the molecule is Cc1ccc(C(=O)N(C)CC(=O)Nc2ccc(Br)cc2C)o1. The van der Waals surface area contributed by atoms with Gasteiger partial charge < -0.3 is 14.6 Å². The third-order valence-electron chi connectivity index (χ3n) is 3.14. The quantitative estimate of drug-likeness (QED) is 0.904. The summed E-state index contributed by atoms with van der Waals surface area (Å²) in [5.74, 6) is 0.305. The molecule has 5 nitrogen and oxygen atoms in total. The van der Waals surface area contributed by atoms with Crippen molar-refractivity contribution < 1.29 is 14.0 Å². The number of rotatable bonds is 4. The molecule has 1 N–H and O–H groups in total. The molecule has 22 heavy (non-hydrogen) atoms. The zero-order valence-corrected chi connectivity index (χ0v) is 14.2. The highest BCUT2D eigenvalue weighted by Crippen LogP contribution is 2.20. The van der Waals surface area contributed by atoms with Gasteiger partial charge in [0.1, 0.15) is 5.76 Å². The van der Waals surface area contributed by atoms with E-state index in [1.54, 1.807) is 26.1 Å². The smallest absolute Gasteiger partial charge is 0.289 e. The monoisotopic (exact) mass is 364 g/mol. The van der Waals surface area contributed by atoms with Gasteiger partial charge in [-0.25, -0.2) is 0 Å². The van der Waals surface area contributed by atoms with Gasteiger partial charge in [-0.05, 0) is 49.7 Å². The average Bonchev–Trinajstić information content (AvgIpc) is 2.87. The van der Waals surface area contributed by atoms with Crippen molar-refractivity contribution in [2.75, 3.05) is 18.9 Å². The Hall–Kier alpha value is -2.08. The fourth-order valence-electron chi connectivity index (χ4n) is 1.98. The molecule has 116 valence electrons. The number of furan rings is 1. The van der Waals surface area contributed by atoms with E-state index in [4.69, 9.17) is 4.42 Å². The summed E-state index contributed by atoms with van der Waals surface area (Å²) in [6.07, 6.45) is 0. The number of amides is 2. The average molecular weight is 365 g/mol. The Labute approximate surface area is 137 Å². The maximum Gasteiger partial charge on any atom is 0.289 e. The molecule has 0 fully saturated rings. The van der Waals surface area contributed by atoms with Crippen molar-refractivity contribution in [3.8, 4) is 0 Å². The van der Waals surface area contributed by atoms with Crippen LogP contribution in [0, 0.1) is 13.8 Å². The molecule has 0 bridgehead atoms. The van der Waals surface area contributed by atoms with Gasteiger partial charge in [0.15, 0.2) is 5.76 Å². The summed E-state index contributed by atoms with van der Waals surface area (Å²) in [6.45, 7) is 3.62. The molecule has 6 heteroatoms. The van der Waals surface area contributed by atoms with E-state index in [0.717, 1.165) is 15.7 Å². The van der Waals surface area contributed by atoms with E-state index >= 15 is 0 Å². The number of likely N-dealkylation sites (N-methyl/N-ethyl adjacent to an activating group) is 1. The standard InChI is InChI=1S/C16H17BrN2O3/c1-10-8-12(17)5-6-13(10)18-15(20)9-19(3)16(21)14-7-4-11(2)22-14/h4-8H,9H2,1-3H3,(H,18,20). The highest BCUT2D eigenvalue weighted by atomic mass is 79.9. The van der Waals surface area contributed by atoms with Crippen LogP contribution >= 0.6 is 15.9 Å². The first kappa shape index (κ1) is 16.3. The first-order valence-electron chi connectivity index (χ1n) is 6.74. The minimum atomic E-state index is -0.323.